The first-order valence-electron chi connectivity index (χ1n) is 8.21. The number of hydrogen-bond donors (Lipinski definition) is 2. The number of rotatable bonds is 5. The molecule has 3 rings (SSSR count). The Morgan fingerprint density at radius 1 is 1.16 bits per heavy atom. The van der Waals surface area contributed by atoms with Gasteiger partial charge in [-0.05, 0) is 55.8 Å². The quantitative estimate of drug-likeness (QED) is 0.794. The van der Waals surface area contributed by atoms with Crippen LogP contribution in [0, 0.1) is 23.2 Å². The van der Waals surface area contributed by atoms with Crippen molar-refractivity contribution in [2.75, 3.05) is 13.1 Å². The van der Waals surface area contributed by atoms with Gasteiger partial charge < -0.3 is 10.6 Å². The van der Waals surface area contributed by atoms with Crippen LogP contribution in [0.2, 0.25) is 0 Å². The third-order valence-corrected chi connectivity index (χ3v) is 6.08. The molecular formula is C17H30N2. The van der Waals surface area contributed by atoms with Crippen molar-refractivity contribution < 1.29 is 0 Å². The highest BCUT2D eigenvalue weighted by molar-refractivity contribution is 5.08. The van der Waals surface area contributed by atoms with E-state index in [4.69, 9.17) is 0 Å². The molecule has 2 nitrogen and oxygen atoms in total. The van der Waals surface area contributed by atoms with E-state index in [1.54, 1.807) is 0 Å². The van der Waals surface area contributed by atoms with Crippen LogP contribution in [0.25, 0.3) is 0 Å². The third kappa shape index (κ3) is 2.69. The van der Waals surface area contributed by atoms with Crippen LogP contribution in [0.15, 0.2) is 11.8 Å². The van der Waals surface area contributed by atoms with Crippen LogP contribution in [0.5, 0.6) is 0 Å². The van der Waals surface area contributed by atoms with Crippen molar-refractivity contribution in [2.24, 2.45) is 23.2 Å². The van der Waals surface area contributed by atoms with Gasteiger partial charge >= 0.3 is 0 Å². The summed E-state index contributed by atoms with van der Waals surface area (Å²) in [5, 5.41) is 6.92. The second-order valence-corrected chi connectivity index (χ2v) is 7.73. The zero-order chi connectivity index (χ0) is 13.5. The van der Waals surface area contributed by atoms with Gasteiger partial charge in [0.25, 0.3) is 0 Å². The maximum atomic E-state index is 3.61. The standard InChI is InChI=1S/C17H30N2/c1-12(19-16-10-18-11-16)7-13-8-15(9-13)17(2,3)14-5-4-6-14/h7,13-16,18-19H,4-6,8-11H2,1-3H3/b12-7+. The molecule has 0 radical (unpaired) electrons. The predicted molar refractivity (Wildman–Crippen MR) is 80.9 cm³/mol. The lowest BCUT2D eigenvalue weighted by Gasteiger charge is -2.51. The summed E-state index contributed by atoms with van der Waals surface area (Å²) in [6.07, 6.45) is 9.78. The van der Waals surface area contributed by atoms with Crippen LogP contribution < -0.4 is 10.6 Å². The van der Waals surface area contributed by atoms with Crippen molar-refractivity contribution >= 4 is 0 Å². The van der Waals surface area contributed by atoms with Gasteiger partial charge in [-0.3, -0.25) is 0 Å². The molecule has 0 aromatic heterocycles. The Morgan fingerprint density at radius 3 is 2.32 bits per heavy atom. The monoisotopic (exact) mass is 262 g/mol. The minimum absolute atomic E-state index is 0.599. The molecule has 0 aromatic rings. The van der Waals surface area contributed by atoms with Crippen molar-refractivity contribution in [1.82, 2.24) is 10.6 Å². The topological polar surface area (TPSA) is 24.1 Å². The van der Waals surface area contributed by atoms with Crippen molar-refractivity contribution in [1.29, 1.82) is 0 Å². The summed E-state index contributed by atoms with van der Waals surface area (Å²) in [4.78, 5) is 0. The van der Waals surface area contributed by atoms with Crippen LogP contribution in [-0.2, 0) is 0 Å². The zero-order valence-electron chi connectivity index (χ0n) is 12.8. The van der Waals surface area contributed by atoms with E-state index in [-0.39, 0.29) is 0 Å². The van der Waals surface area contributed by atoms with E-state index in [0.717, 1.165) is 30.8 Å². The third-order valence-electron chi connectivity index (χ3n) is 6.08. The molecule has 0 atom stereocenters. The second-order valence-electron chi connectivity index (χ2n) is 7.73. The highest BCUT2D eigenvalue weighted by Gasteiger charge is 2.45. The highest BCUT2D eigenvalue weighted by atomic mass is 15.1. The Morgan fingerprint density at radius 2 is 1.84 bits per heavy atom. The molecule has 2 aliphatic carbocycles. The summed E-state index contributed by atoms with van der Waals surface area (Å²) in [5.41, 5.74) is 2.00. The van der Waals surface area contributed by atoms with Gasteiger partial charge in [-0.1, -0.05) is 26.3 Å². The van der Waals surface area contributed by atoms with Gasteiger partial charge in [-0.2, -0.15) is 0 Å². The number of hydrogen-bond acceptors (Lipinski definition) is 2. The molecule has 0 bridgehead atoms. The van der Waals surface area contributed by atoms with Gasteiger partial charge in [0.1, 0.15) is 0 Å². The lowest BCUT2D eigenvalue weighted by Crippen LogP contribution is -2.54. The Kier molecular flexibility index (Phi) is 3.63. The molecule has 1 aliphatic heterocycles. The minimum atomic E-state index is 0.599. The molecule has 2 heteroatoms. The smallest absolute Gasteiger partial charge is 0.0507 e. The molecule has 0 aromatic carbocycles. The van der Waals surface area contributed by atoms with Gasteiger partial charge in [0.2, 0.25) is 0 Å². The fraction of sp³-hybridized carbons (Fsp3) is 0.882. The first-order chi connectivity index (χ1) is 9.05. The van der Waals surface area contributed by atoms with Crippen LogP contribution >= 0.6 is 0 Å². The summed E-state index contributed by atoms with van der Waals surface area (Å²) in [6.45, 7) is 9.54. The van der Waals surface area contributed by atoms with Crippen LogP contribution in [-0.4, -0.2) is 19.1 Å². The van der Waals surface area contributed by atoms with E-state index in [1.165, 1.54) is 37.8 Å². The van der Waals surface area contributed by atoms with Gasteiger partial charge in [0, 0.05) is 18.8 Å². The van der Waals surface area contributed by atoms with Crippen LogP contribution in [0.3, 0.4) is 0 Å². The summed E-state index contributed by atoms with van der Waals surface area (Å²) in [7, 11) is 0. The molecule has 2 saturated carbocycles. The largest absolute Gasteiger partial charge is 0.384 e. The van der Waals surface area contributed by atoms with Crippen molar-refractivity contribution in [3.63, 3.8) is 0 Å². The first-order valence-corrected chi connectivity index (χ1v) is 8.21. The maximum Gasteiger partial charge on any atom is 0.0507 e. The highest BCUT2D eigenvalue weighted by Crippen LogP contribution is 2.54. The summed E-state index contributed by atoms with van der Waals surface area (Å²) in [6, 6.07) is 0.679. The molecule has 1 heterocycles. The average molecular weight is 262 g/mol. The van der Waals surface area contributed by atoms with E-state index < -0.39 is 0 Å². The van der Waals surface area contributed by atoms with Gasteiger partial charge in [0.05, 0.1) is 6.04 Å². The summed E-state index contributed by atoms with van der Waals surface area (Å²) in [5.74, 6) is 2.82. The average Bonchev–Trinajstić information content (AvgIpc) is 2.12. The van der Waals surface area contributed by atoms with Gasteiger partial charge in [-0.25, -0.2) is 0 Å². The minimum Gasteiger partial charge on any atom is -0.384 e. The Hall–Kier alpha value is -0.500. The molecule has 1 saturated heterocycles. The van der Waals surface area contributed by atoms with Crippen molar-refractivity contribution in [3.05, 3.63) is 11.8 Å². The Balaban J connectivity index is 1.45. The first kappa shape index (κ1) is 13.5. The SMILES string of the molecule is C/C(=C\C1CC(C(C)(C)C2CCC2)C1)NC1CNC1. The normalized spacial score (nSPS) is 33.3. The molecule has 19 heavy (non-hydrogen) atoms. The Labute approximate surface area is 118 Å². The molecule has 3 aliphatic rings. The van der Waals surface area contributed by atoms with E-state index in [1.807, 2.05) is 0 Å². The van der Waals surface area contributed by atoms with Crippen LogP contribution in [0.1, 0.15) is 52.9 Å². The Bertz CT molecular complexity index is 344. The maximum absolute atomic E-state index is 3.61. The number of nitrogens with one attached hydrogen (secondary N) is 2. The van der Waals surface area contributed by atoms with E-state index >= 15 is 0 Å². The number of allylic oxidation sites excluding steroid dienone is 2. The van der Waals surface area contributed by atoms with Crippen LogP contribution in [0.4, 0.5) is 0 Å². The van der Waals surface area contributed by atoms with Gasteiger partial charge in [-0.15, -0.1) is 0 Å². The second kappa shape index (κ2) is 5.12. The van der Waals surface area contributed by atoms with E-state index in [0.29, 0.717) is 11.5 Å². The fourth-order valence-electron chi connectivity index (χ4n) is 4.01. The van der Waals surface area contributed by atoms with Gasteiger partial charge in [0.15, 0.2) is 0 Å². The molecule has 0 unspecified atom stereocenters. The fourth-order valence-corrected chi connectivity index (χ4v) is 4.01. The molecule has 108 valence electrons. The van der Waals surface area contributed by atoms with Crippen molar-refractivity contribution in [3.8, 4) is 0 Å². The lowest BCUT2D eigenvalue weighted by molar-refractivity contribution is -0.00486. The predicted octanol–water partition coefficient (Wildman–Crippen LogP) is 3.30. The molecular weight excluding hydrogens is 232 g/mol. The molecule has 2 N–H and O–H groups in total. The molecule has 0 spiro atoms. The van der Waals surface area contributed by atoms with E-state index in [2.05, 4.69) is 37.5 Å². The van der Waals surface area contributed by atoms with Crippen molar-refractivity contribution in [2.45, 2.75) is 58.9 Å². The lowest BCUT2D eigenvalue weighted by atomic mass is 9.54. The summed E-state index contributed by atoms with van der Waals surface area (Å²) >= 11 is 0. The molecule has 3 fully saturated rings. The molecule has 0 amide bonds. The summed E-state index contributed by atoms with van der Waals surface area (Å²) < 4.78 is 0. The zero-order valence-corrected chi connectivity index (χ0v) is 12.8. The van der Waals surface area contributed by atoms with E-state index in [9.17, 15) is 0 Å².